The van der Waals surface area contributed by atoms with E-state index in [0.717, 1.165) is 55.6 Å². The van der Waals surface area contributed by atoms with Crippen LogP contribution in [0.25, 0.3) is 5.69 Å². The van der Waals surface area contributed by atoms with E-state index in [4.69, 9.17) is 9.62 Å². The van der Waals surface area contributed by atoms with Gasteiger partial charge in [0.05, 0.1) is 30.2 Å². The lowest BCUT2D eigenvalue weighted by atomic mass is 9.92. The molecule has 4 rings (SSSR count). The molecule has 1 aliphatic heterocycles. The smallest absolute Gasteiger partial charge is 0.239 e. The van der Waals surface area contributed by atoms with E-state index in [1.165, 1.54) is 0 Å². The third-order valence-electron chi connectivity index (χ3n) is 5.63. The highest BCUT2D eigenvalue weighted by Crippen LogP contribution is 2.26. The number of anilines is 1. The molecule has 0 radical (unpaired) electrons. The second-order valence-corrected chi connectivity index (χ2v) is 9.45. The van der Waals surface area contributed by atoms with Gasteiger partial charge in [-0.3, -0.25) is 14.6 Å². The maximum atomic E-state index is 12.9. The predicted molar refractivity (Wildman–Crippen MR) is 124 cm³/mol. The topological polar surface area (TPSA) is 79.4 Å². The number of carbonyl (C=O) groups is 1. The van der Waals surface area contributed by atoms with Crippen molar-refractivity contribution in [3.63, 3.8) is 0 Å². The molecule has 2 aromatic heterocycles. The molecule has 0 bridgehead atoms. The van der Waals surface area contributed by atoms with Crippen molar-refractivity contribution >= 4 is 11.7 Å². The van der Waals surface area contributed by atoms with Gasteiger partial charge < -0.3 is 9.84 Å². The van der Waals surface area contributed by atoms with Crippen LogP contribution in [0.2, 0.25) is 0 Å². The molecule has 0 atom stereocenters. The lowest BCUT2D eigenvalue weighted by Crippen LogP contribution is -2.48. The van der Waals surface area contributed by atoms with Gasteiger partial charge in [-0.2, -0.15) is 5.10 Å². The molecule has 8 nitrogen and oxygen atoms in total. The second-order valence-electron chi connectivity index (χ2n) is 9.45. The van der Waals surface area contributed by atoms with Crippen LogP contribution in [0.5, 0.6) is 0 Å². The Hall–Kier alpha value is -2.97. The highest BCUT2D eigenvalue weighted by atomic mass is 16.5. The summed E-state index contributed by atoms with van der Waals surface area (Å²) in [4.78, 5) is 17.4. The number of amides is 1. The molecule has 0 aliphatic carbocycles. The van der Waals surface area contributed by atoms with Crippen molar-refractivity contribution in [3.05, 3.63) is 59.6 Å². The summed E-state index contributed by atoms with van der Waals surface area (Å²) in [7, 11) is 0. The number of benzene rings is 1. The van der Waals surface area contributed by atoms with Gasteiger partial charge in [0, 0.05) is 43.7 Å². The summed E-state index contributed by atoms with van der Waals surface area (Å²) >= 11 is 0. The number of carbonyl (C=O) groups excluding carboxylic acids is 1. The van der Waals surface area contributed by atoms with E-state index < -0.39 is 0 Å². The molecule has 1 amide bonds. The molecule has 1 aliphatic rings. The standard InChI is InChI=1S/C24H32N6O2/c1-18-14-20(32-27-18)16-28-10-12-29(13-11-28)17-23(31)25-22-15-21(24(2,3)4)26-30(22)19-8-6-5-7-9-19/h5-9,14-15H,10-13,16-17H2,1-4H3,(H,25,31). The van der Waals surface area contributed by atoms with Crippen molar-refractivity contribution in [3.8, 4) is 5.69 Å². The Morgan fingerprint density at radius 1 is 1.06 bits per heavy atom. The third-order valence-corrected chi connectivity index (χ3v) is 5.63. The zero-order valence-electron chi connectivity index (χ0n) is 19.3. The lowest BCUT2D eigenvalue weighted by molar-refractivity contribution is -0.117. The minimum atomic E-state index is -0.113. The first kappa shape index (κ1) is 22.2. The fourth-order valence-corrected chi connectivity index (χ4v) is 3.80. The summed E-state index contributed by atoms with van der Waals surface area (Å²) < 4.78 is 7.14. The average molecular weight is 437 g/mol. The van der Waals surface area contributed by atoms with Crippen LogP contribution in [0.1, 0.15) is 37.9 Å². The van der Waals surface area contributed by atoms with Gasteiger partial charge in [-0.15, -0.1) is 0 Å². The monoisotopic (exact) mass is 436 g/mol. The highest BCUT2D eigenvalue weighted by Gasteiger charge is 2.23. The highest BCUT2D eigenvalue weighted by molar-refractivity contribution is 5.91. The Morgan fingerprint density at radius 3 is 2.38 bits per heavy atom. The zero-order valence-corrected chi connectivity index (χ0v) is 19.3. The average Bonchev–Trinajstić information content (AvgIpc) is 3.36. The largest absolute Gasteiger partial charge is 0.360 e. The molecule has 0 unspecified atom stereocenters. The minimum Gasteiger partial charge on any atom is -0.360 e. The van der Waals surface area contributed by atoms with Crippen LogP contribution in [-0.4, -0.2) is 63.4 Å². The molecule has 3 heterocycles. The van der Waals surface area contributed by atoms with Gasteiger partial charge in [-0.25, -0.2) is 4.68 Å². The van der Waals surface area contributed by atoms with Crippen LogP contribution in [0.4, 0.5) is 5.82 Å². The summed E-state index contributed by atoms with van der Waals surface area (Å²) in [5.74, 6) is 1.56. The van der Waals surface area contributed by atoms with Gasteiger partial charge in [0.1, 0.15) is 5.82 Å². The van der Waals surface area contributed by atoms with Gasteiger partial charge >= 0.3 is 0 Å². The molecule has 170 valence electrons. The van der Waals surface area contributed by atoms with E-state index in [-0.39, 0.29) is 11.3 Å². The van der Waals surface area contributed by atoms with Crippen LogP contribution >= 0.6 is 0 Å². The first-order valence-electron chi connectivity index (χ1n) is 11.1. The summed E-state index contributed by atoms with van der Waals surface area (Å²) in [6.07, 6.45) is 0. The SMILES string of the molecule is Cc1cc(CN2CCN(CC(=O)Nc3cc(C(C)(C)C)nn3-c3ccccc3)CC2)on1. The van der Waals surface area contributed by atoms with E-state index in [9.17, 15) is 4.79 Å². The Morgan fingerprint density at radius 2 is 1.75 bits per heavy atom. The van der Waals surface area contributed by atoms with E-state index in [0.29, 0.717) is 12.4 Å². The molecule has 3 aromatic rings. The van der Waals surface area contributed by atoms with Gasteiger partial charge in [0.15, 0.2) is 5.76 Å². The van der Waals surface area contributed by atoms with Crippen LogP contribution in [0.3, 0.4) is 0 Å². The lowest BCUT2D eigenvalue weighted by Gasteiger charge is -2.33. The molecule has 8 heteroatoms. The molecule has 32 heavy (non-hydrogen) atoms. The van der Waals surface area contributed by atoms with Gasteiger partial charge in [0.25, 0.3) is 0 Å². The van der Waals surface area contributed by atoms with E-state index >= 15 is 0 Å². The summed E-state index contributed by atoms with van der Waals surface area (Å²) in [6, 6.07) is 13.8. The summed E-state index contributed by atoms with van der Waals surface area (Å²) in [5.41, 5.74) is 2.65. The first-order valence-corrected chi connectivity index (χ1v) is 11.1. The fourth-order valence-electron chi connectivity index (χ4n) is 3.80. The quantitative estimate of drug-likeness (QED) is 0.639. The number of aromatic nitrogens is 3. The third kappa shape index (κ3) is 5.44. The van der Waals surface area contributed by atoms with Crippen LogP contribution in [-0.2, 0) is 16.8 Å². The summed E-state index contributed by atoms with van der Waals surface area (Å²) in [6.45, 7) is 12.9. The second kappa shape index (κ2) is 9.26. The number of hydrogen-bond acceptors (Lipinski definition) is 6. The van der Waals surface area contributed by atoms with E-state index in [2.05, 4.69) is 41.0 Å². The molecule has 0 spiro atoms. The summed E-state index contributed by atoms with van der Waals surface area (Å²) in [5, 5.41) is 11.8. The molecule has 1 saturated heterocycles. The van der Waals surface area contributed by atoms with Crippen molar-refractivity contribution in [2.45, 2.75) is 39.7 Å². The normalized spacial score (nSPS) is 15.8. The Labute approximate surface area is 189 Å². The Kier molecular flexibility index (Phi) is 6.43. The van der Waals surface area contributed by atoms with Crippen molar-refractivity contribution in [2.75, 3.05) is 38.0 Å². The van der Waals surface area contributed by atoms with Crippen molar-refractivity contribution in [1.82, 2.24) is 24.7 Å². The molecule has 0 saturated carbocycles. The van der Waals surface area contributed by atoms with Crippen molar-refractivity contribution < 1.29 is 9.32 Å². The minimum absolute atomic E-state index is 0.0261. The Bertz CT molecular complexity index is 1040. The Balaban J connectivity index is 1.36. The van der Waals surface area contributed by atoms with Crippen LogP contribution in [0.15, 0.2) is 47.0 Å². The molecule has 1 N–H and O–H groups in total. The van der Waals surface area contributed by atoms with Gasteiger partial charge in [-0.1, -0.05) is 44.1 Å². The van der Waals surface area contributed by atoms with Gasteiger partial charge in [0.2, 0.25) is 5.91 Å². The zero-order chi connectivity index (χ0) is 22.7. The van der Waals surface area contributed by atoms with Gasteiger partial charge in [-0.05, 0) is 19.1 Å². The number of nitrogens with zero attached hydrogens (tertiary/aromatic N) is 5. The van der Waals surface area contributed by atoms with Crippen LogP contribution in [0, 0.1) is 6.92 Å². The number of hydrogen-bond donors (Lipinski definition) is 1. The van der Waals surface area contributed by atoms with E-state index in [1.54, 1.807) is 0 Å². The number of piperazine rings is 1. The van der Waals surface area contributed by atoms with Crippen LogP contribution < -0.4 is 5.32 Å². The van der Waals surface area contributed by atoms with E-state index in [1.807, 2.05) is 54.1 Å². The number of aryl methyl sites for hydroxylation is 1. The number of para-hydroxylation sites is 1. The van der Waals surface area contributed by atoms with Crippen molar-refractivity contribution in [2.24, 2.45) is 0 Å². The number of nitrogens with one attached hydrogen (secondary N) is 1. The first-order chi connectivity index (χ1) is 15.3. The molecular weight excluding hydrogens is 404 g/mol. The molecule has 1 aromatic carbocycles. The predicted octanol–water partition coefficient (Wildman–Crippen LogP) is 3.22. The fraction of sp³-hybridized carbons (Fsp3) is 0.458. The number of rotatable bonds is 6. The maximum absolute atomic E-state index is 12.9. The maximum Gasteiger partial charge on any atom is 0.239 e. The molecular formula is C24H32N6O2. The molecule has 1 fully saturated rings. The van der Waals surface area contributed by atoms with Crippen molar-refractivity contribution in [1.29, 1.82) is 0 Å².